The number of aliphatic hydroxyl groups excluding tert-OH is 1. The minimum absolute atomic E-state index is 0.00612. The van der Waals surface area contributed by atoms with E-state index in [1.807, 2.05) is 6.92 Å². The number of phenolic OH excluding ortho intramolecular Hbond substituents is 1. The molecule has 1 aliphatic rings. The van der Waals surface area contributed by atoms with Gasteiger partial charge in [0.15, 0.2) is 0 Å². The maximum Gasteiger partial charge on any atom is 0.295 e. The second-order valence-electron chi connectivity index (χ2n) is 6.65. The molecule has 2 aromatic rings. The van der Waals surface area contributed by atoms with E-state index in [9.17, 15) is 19.8 Å². The first-order valence-electron chi connectivity index (χ1n) is 9.22. The summed E-state index contributed by atoms with van der Waals surface area (Å²) in [4.78, 5) is 27.0. The third-order valence-electron chi connectivity index (χ3n) is 4.85. The molecule has 0 bridgehead atoms. The molecule has 7 nitrogen and oxygen atoms in total. The predicted molar refractivity (Wildman–Crippen MR) is 107 cm³/mol. The molecule has 1 unspecified atom stereocenters. The van der Waals surface area contributed by atoms with Crippen LogP contribution in [0.15, 0.2) is 48.0 Å². The van der Waals surface area contributed by atoms with Crippen LogP contribution in [0.3, 0.4) is 0 Å². The van der Waals surface area contributed by atoms with Gasteiger partial charge in [0.1, 0.15) is 23.0 Å². The van der Waals surface area contributed by atoms with Crippen molar-refractivity contribution < 1.29 is 29.3 Å². The van der Waals surface area contributed by atoms with Gasteiger partial charge in [-0.2, -0.15) is 0 Å². The summed E-state index contributed by atoms with van der Waals surface area (Å²) in [6.45, 7) is 2.23. The lowest BCUT2D eigenvalue weighted by molar-refractivity contribution is -0.139. The first-order chi connectivity index (χ1) is 13.9. The Morgan fingerprint density at radius 3 is 2.48 bits per heavy atom. The lowest BCUT2D eigenvalue weighted by Crippen LogP contribution is -2.30. The third kappa shape index (κ3) is 3.63. The largest absolute Gasteiger partial charge is 0.508 e. The van der Waals surface area contributed by atoms with Crippen molar-refractivity contribution >= 4 is 17.4 Å². The van der Waals surface area contributed by atoms with Crippen LogP contribution in [0.2, 0.25) is 0 Å². The molecule has 0 aromatic heterocycles. The molecule has 2 N–H and O–H groups in total. The molecular weight excluding hydrogens is 374 g/mol. The van der Waals surface area contributed by atoms with Crippen LogP contribution in [0, 0.1) is 0 Å². The lowest BCUT2D eigenvalue weighted by Gasteiger charge is -2.25. The first-order valence-corrected chi connectivity index (χ1v) is 9.22. The Hall–Kier alpha value is -3.48. The number of carbonyl (C=O) groups excluding carboxylic acids is 2. The lowest BCUT2D eigenvalue weighted by atomic mass is 9.94. The normalized spacial score (nSPS) is 18.2. The fourth-order valence-corrected chi connectivity index (χ4v) is 3.53. The third-order valence-corrected chi connectivity index (χ3v) is 4.85. The summed E-state index contributed by atoms with van der Waals surface area (Å²) >= 11 is 0. The number of amides is 1. The summed E-state index contributed by atoms with van der Waals surface area (Å²) in [6, 6.07) is 10.3. The minimum Gasteiger partial charge on any atom is -0.508 e. The molecule has 0 radical (unpaired) electrons. The molecular formula is C22H23NO6. The Balaban J connectivity index is 2.23. The number of hydrogen-bond acceptors (Lipinski definition) is 6. The molecule has 1 heterocycles. The van der Waals surface area contributed by atoms with Gasteiger partial charge in [-0.3, -0.25) is 9.59 Å². The number of carbonyl (C=O) groups is 2. The maximum absolute atomic E-state index is 12.9. The number of likely N-dealkylation sites (tertiary alicyclic amines) is 1. The highest BCUT2D eigenvalue weighted by Crippen LogP contribution is 2.42. The summed E-state index contributed by atoms with van der Waals surface area (Å²) in [7, 11) is 2.94. The molecule has 2 aromatic carbocycles. The van der Waals surface area contributed by atoms with Crippen LogP contribution in [0.1, 0.15) is 30.5 Å². The summed E-state index contributed by atoms with van der Waals surface area (Å²) in [5, 5.41) is 21.0. The maximum atomic E-state index is 12.9. The quantitative estimate of drug-likeness (QED) is 0.441. The van der Waals surface area contributed by atoms with Crippen molar-refractivity contribution in [1.29, 1.82) is 0 Å². The monoisotopic (exact) mass is 397 g/mol. The first kappa shape index (κ1) is 20.3. The molecule has 29 heavy (non-hydrogen) atoms. The van der Waals surface area contributed by atoms with Crippen LogP contribution in [0.4, 0.5) is 0 Å². The van der Waals surface area contributed by atoms with Gasteiger partial charge in [0.2, 0.25) is 0 Å². The van der Waals surface area contributed by atoms with Gasteiger partial charge in [-0.05, 0) is 36.2 Å². The van der Waals surface area contributed by atoms with Crippen LogP contribution in [-0.4, -0.2) is 47.6 Å². The summed E-state index contributed by atoms with van der Waals surface area (Å²) in [6.07, 6.45) is 0.633. The Morgan fingerprint density at radius 2 is 1.86 bits per heavy atom. The van der Waals surface area contributed by atoms with Crippen molar-refractivity contribution in [1.82, 2.24) is 4.90 Å². The Labute approximate surface area is 168 Å². The molecule has 1 aliphatic heterocycles. The number of phenols is 1. The average molecular weight is 397 g/mol. The van der Waals surface area contributed by atoms with Crippen LogP contribution in [-0.2, 0) is 9.59 Å². The van der Waals surface area contributed by atoms with Gasteiger partial charge in [0.05, 0.1) is 31.4 Å². The summed E-state index contributed by atoms with van der Waals surface area (Å²) in [5.41, 5.74) is 0.761. The molecule has 1 atom stereocenters. The second kappa shape index (κ2) is 8.26. The standard InChI is InChI=1S/C22H23NO6/c1-4-10-23-19(13-6-5-7-14(24)11-13)18(21(26)22(23)27)20(25)16-9-8-15(28-2)12-17(16)29-3/h5-9,11-12,19,24-25H,4,10H2,1-3H3/b20-18-. The predicted octanol–water partition coefficient (Wildman–Crippen LogP) is 3.24. The van der Waals surface area contributed by atoms with E-state index in [2.05, 4.69) is 0 Å². The highest BCUT2D eigenvalue weighted by Gasteiger charge is 2.46. The van der Waals surface area contributed by atoms with Crippen molar-refractivity contribution in [2.75, 3.05) is 20.8 Å². The second-order valence-corrected chi connectivity index (χ2v) is 6.65. The van der Waals surface area contributed by atoms with Crippen molar-refractivity contribution in [2.45, 2.75) is 19.4 Å². The molecule has 0 aliphatic carbocycles. The topological polar surface area (TPSA) is 96.3 Å². The number of ketones is 1. The zero-order valence-electron chi connectivity index (χ0n) is 16.5. The number of aliphatic hydroxyl groups is 1. The van der Waals surface area contributed by atoms with Gasteiger partial charge in [0, 0.05) is 12.6 Å². The van der Waals surface area contributed by atoms with E-state index in [-0.39, 0.29) is 22.6 Å². The number of benzene rings is 2. The molecule has 152 valence electrons. The Morgan fingerprint density at radius 1 is 1.10 bits per heavy atom. The number of hydrogen-bond donors (Lipinski definition) is 2. The number of aromatic hydroxyl groups is 1. The zero-order chi connectivity index (χ0) is 21.1. The molecule has 1 saturated heterocycles. The van der Waals surface area contributed by atoms with E-state index in [1.165, 1.54) is 31.3 Å². The summed E-state index contributed by atoms with van der Waals surface area (Å²) < 4.78 is 10.5. The number of nitrogens with zero attached hydrogens (tertiary/aromatic N) is 1. The molecule has 0 spiro atoms. The molecule has 7 heteroatoms. The number of methoxy groups -OCH3 is 2. The van der Waals surface area contributed by atoms with Crippen LogP contribution in [0.25, 0.3) is 5.76 Å². The van der Waals surface area contributed by atoms with Gasteiger partial charge in [-0.25, -0.2) is 0 Å². The van der Waals surface area contributed by atoms with Crippen molar-refractivity contribution in [3.63, 3.8) is 0 Å². The fraction of sp³-hybridized carbons (Fsp3) is 0.273. The van der Waals surface area contributed by atoms with E-state index in [0.29, 0.717) is 30.0 Å². The number of ether oxygens (including phenoxy) is 2. The van der Waals surface area contributed by atoms with Gasteiger partial charge in [0.25, 0.3) is 11.7 Å². The van der Waals surface area contributed by atoms with E-state index in [1.54, 1.807) is 30.3 Å². The molecule has 1 amide bonds. The highest BCUT2D eigenvalue weighted by molar-refractivity contribution is 6.46. The van der Waals surface area contributed by atoms with Crippen LogP contribution in [0.5, 0.6) is 17.2 Å². The number of rotatable bonds is 6. The van der Waals surface area contributed by atoms with E-state index in [4.69, 9.17) is 9.47 Å². The highest BCUT2D eigenvalue weighted by atomic mass is 16.5. The van der Waals surface area contributed by atoms with E-state index in [0.717, 1.165) is 0 Å². The summed E-state index contributed by atoms with van der Waals surface area (Å²) in [5.74, 6) is -0.967. The minimum atomic E-state index is -0.811. The van der Waals surface area contributed by atoms with Gasteiger partial charge >= 0.3 is 0 Å². The molecule has 0 saturated carbocycles. The average Bonchev–Trinajstić information content (AvgIpc) is 2.98. The van der Waals surface area contributed by atoms with E-state index < -0.39 is 17.7 Å². The van der Waals surface area contributed by atoms with E-state index >= 15 is 0 Å². The molecule has 1 fully saturated rings. The van der Waals surface area contributed by atoms with Gasteiger partial charge < -0.3 is 24.6 Å². The Bertz CT molecular complexity index is 981. The van der Waals surface area contributed by atoms with Gasteiger partial charge in [-0.1, -0.05) is 19.1 Å². The fourth-order valence-electron chi connectivity index (χ4n) is 3.53. The smallest absolute Gasteiger partial charge is 0.295 e. The molecule has 3 rings (SSSR count). The van der Waals surface area contributed by atoms with Crippen LogP contribution >= 0.6 is 0 Å². The van der Waals surface area contributed by atoms with Crippen molar-refractivity contribution in [3.05, 3.63) is 59.2 Å². The van der Waals surface area contributed by atoms with Crippen molar-refractivity contribution in [2.24, 2.45) is 0 Å². The Kier molecular flexibility index (Phi) is 5.77. The van der Waals surface area contributed by atoms with Crippen LogP contribution < -0.4 is 9.47 Å². The zero-order valence-corrected chi connectivity index (χ0v) is 16.5. The number of Topliss-reactive ketones (excluding diaryl/α,β-unsaturated/α-hetero) is 1. The SMILES string of the molecule is CCCN1C(=O)C(=O)/C(=C(\O)c2ccc(OC)cc2OC)C1c1cccc(O)c1. The van der Waals surface area contributed by atoms with Crippen molar-refractivity contribution in [3.8, 4) is 17.2 Å². The van der Waals surface area contributed by atoms with Gasteiger partial charge in [-0.15, -0.1) is 0 Å².